The largest absolute Gasteiger partial charge is 0.385 e. The molecule has 0 bridgehead atoms. The van der Waals surface area contributed by atoms with Crippen molar-refractivity contribution in [2.24, 2.45) is 5.73 Å². The molecule has 0 spiro atoms. The van der Waals surface area contributed by atoms with Crippen molar-refractivity contribution in [3.05, 3.63) is 29.8 Å². The summed E-state index contributed by atoms with van der Waals surface area (Å²) in [6.07, 6.45) is 0.875. The molecule has 0 aromatic heterocycles. The van der Waals surface area contributed by atoms with Crippen molar-refractivity contribution < 1.29 is 13.2 Å². The second kappa shape index (κ2) is 8.11. The van der Waals surface area contributed by atoms with Gasteiger partial charge in [-0.25, -0.2) is 8.42 Å². The molecule has 0 radical (unpaired) electrons. The fourth-order valence-electron chi connectivity index (χ4n) is 1.83. The van der Waals surface area contributed by atoms with Gasteiger partial charge in [-0.3, -0.25) is 5.41 Å². The molecule has 0 aliphatic heterocycles. The smallest absolute Gasteiger partial charge is 0.179 e. The Morgan fingerprint density at radius 2 is 1.90 bits per heavy atom. The zero-order valence-corrected chi connectivity index (χ0v) is 13.3. The minimum absolute atomic E-state index is 0.0654. The van der Waals surface area contributed by atoms with Gasteiger partial charge in [0.25, 0.3) is 0 Å². The van der Waals surface area contributed by atoms with Gasteiger partial charge in [-0.15, -0.1) is 0 Å². The molecule has 0 saturated heterocycles. The predicted molar refractivity (Wildman–Crippen MR) is 83.5 cm³/mol. The Bertz CT molecular complexity index is 555. The summed E-state index contributed by atoms with van der Waals surface area (Å²) in [7, 11) is 0.228. The Kier molecular flexibility index (Phi) is 6.80. The maximum Gasteiger partial charge on any atom is 0.179 e. The van der Waals surface area contributed by atoms with E-state index in [0.717, 1.165) is 13.0 Å². The summed E-state index contributed by atoms with van der Waals surface area (Å²) in [5.41, 5.74) is 5.87. The number of sulfone groups is 1. The number of nitrogens with one attached hydrogen (secondary N) is 1. The Hall–Kier alpha value is -1.44. The van der Waals surface area contributed by atoms with Crippen molar-refractivity contribution >= 4 is 15.7 Å². The van der Waals surface area contributed by atoms with Gasteiger partial charge in [0.15, 0.2) is 9.84 Å². The van der Waals surface area contributed by atoms with E-state index in [1.165, 1.54) is 12.1 Å². The molecule has 21 heavy (non-hydrogen) atoms. The van der Waals surface area contributed by atoms with Crippen LogP contribution in [0.2, 0.25) is 0 Å². The third-order valence-electron chi connectivity index (χ3n) is 3.15. The molecular formula is C14H23N3O3S. The van der Waals surface area contributed by atoms with E-state index in [1.54, 1.807) is 19.2 Å². The molecule has 0 fully saturated rings. The Labute approximate surface area is 126 Å². The van der Waals surface area contributed by atoms with E-state index in [0.29, 0.717) is 18.7 Å². The fourth-order valence-corrected chi connectivity index (χ4v) is 3.16. The number of benzene rings is 1. The van der Waals surface area contributed by atoms with Gasteiger partial charge in [0.1, 0.15) is 5.84 Å². The zero-order valence-electron chi connectivity index (χ0n) is 12.5. The van der Waals surface area contributed by atoms with Crippen LogP contribution in [0, 0.1) is 5.41 Å². The zero-order chi connectivity index (χ0) is 15.9. The first-order valence-corrected chi connectivity index (χ1v) is 8.37. The average Bonchev–Trinajstić information content (AvgIpc) is 2.45. The number of amidine groups is 1. The summed E-state index contributed by atoms with van der Waals surface area (Å²) in [5.74, 6) is -0.00701. The maximum atomic E-state index is 12.2. The van der Waals surface area contributed by atoms with E-state index in [-0.39, 0.29) is 16.5 Å². The molecule has 0 unspecified atom stereocenters. The van der Waals surface area contributed by atoms with Crippen molar-refractivity contribution in [2.45, 2.75) is 11.3 Å². The molecule has 1 rings (SSSR count). The lowest BCUT2D eigenvalue weighted by atomic mass is 10.2. The highest BCUT2D eigenvalue weighted by Crippen LogP contribution is 2.12. The van der Waals surface area contributed by atoms with E-state index in [2.05, 4.69) is 0 Å². The molecule has 0 aliphatic carbocycles. The second-order valence-electron chi connectivity index (χ2n) is 4.91. The number of hydrogen-bond acceptors (Lipinski definition) is 5. The molecule has 1 aromatic carbocycles. The molecule has 0 amide bonds. The van der Waals surface area contributed by atoms with Crippen molar-refractivity contribution in [3.8, 4) is 0 Å². The molecule has 0 saturated carbocycles. The van der Waals surface area contributed by atoms with Crippen molar-refractivity contribution in [2.75, 3.05) is 39.6 Å². The van der Waals surface area contributed by atoms with Crippen molar-refractivity contribution in [1.29, 1.82) is 5.41 Å². The Morgan fingerprint density at radius 3 is 2.43 bits per heavy atom. The standard InChI is InChI=1S/C14H23N3O3S/c1-17(8-3-10-20-2)9-11-21(18,19)13-6-4-12(5-7-13)14(15)16/h4-7H,3,8-11H2,1-2H3,(H3,15,16). The van der Waals surface area contributed by atoms with Gasteiger partial charge < -0.3 is 15.4 Å². The van der Waals surface area contributed by atoms with E-state index >= 15 is 0 Å². The third-order valence-corrected chi connectivity index (χ3v) is 4.86. The molecule has 6 nitrogen and oxygen atoms in total. The van der Waals surface area contributed by atoms with Crippen LogP contribution >= 0.6 is 0 Å². The third kappa shape index (κ3) is 5.82. The first-order chi connectivity index (χ1) is 9.86. The van der Waals surface area contributed by atoms with Gasteiger partial charge in [0.05, 0.1) is 10.6 Å². The minimum Gasteiger partial charge on any atom is -0.385 e. The maximum absolute atomic E-state index is 12.2. The molecule has 118 valence electrons. The summed E-state index contributed by atoms with van der Waals surface area (Å²) >= 11 is 0. The van der Waals surface area contributed by atoms with Crippen LogP contribution in [0.3, 0.4) is 0 Å². The van der Waals surface area contributed by atoms with Crippen LogP contribution in [0.5, 0.6) is 0 Å². The number of rotatable bonds is 9. The summed E-state index contributed by atoms with van der Waals surface area (Å²) in [6.45, 7) is 1.94. The minimum atomic E-state index is -3.31. The van der Waals surface area contributed by atoms with Gasteiger partial charge in [-0.1, -0.05) is 12.1 Å². The van der Waals surface area contributed by atoms with Gasteiger partial charge in [0.2, 0.25) is 0 Å². The van der Waals surface area contributed by atoms with Crippen LogP contribution in [-0.4, -0.2) is 58.8 Å². The number of hydrogen-bond donors (Lipinski definition) is 2. The van der Waals surface area contributed by atoms with Crippen LogP contribution < -0.4 is 5.73 Å². The van der Waals surface area contributed by atoms with E-state index < -0.39 is 9.84 Å². The van der Waals surface area contributed by atoms with Gasteiger partial charge in [-0.2, -0.15) is 0 Å². The van der Waals surface area contributed by atoms with Crippen LogP contribution in [0.4, 0.5) is 0 Å². The number of ether oxygens (including phenoxy) is 1. The SMILES string of the molecule is COCCCN(C)CCS(=O)(=O)c1ccc(C(=N)N)cc1. The van der Waals surface area contributed by atoms with Gasteiger partial charge >= 0.3 is 0 Å². The lowest BCUT2D eigenvalue weighted by Gasteiger charge is -2.16. The topological polar surface area (TPSA) is 96.5 Å². The van der Waals surface area contributed by atoms with Crippen LogP contribution in [0.15, 0.2) is 29.2 Å². The lowest BCUT2D eigenvalue weighted by Crippen LogP contribution is -2.27. The van der Waals surface area contributed by atoms with E-state index in [9.17, 15) is 8.42 Å². The van der Waals surface area contributed by atoms with E-state index in [1.807, 2.05) is 11.9 Å². The fraction of sp³-hybridized carbons (Fsp3) is 0.500. The highest BCUT2D eigenvalue weighted by atomic mass is 32.2. The monoisotopic (exact) mass is 313 g/mol. The molecule has 0 aliphatic rings. The molecule has 1 aromatic rings. The first kappa shape index (κ1) is 17.6. The highest BCUT2D eigenvalue weighted by molar-refractivity contribution is 7.91. The molecular weight excluding hydrogens is 290 g/mol. The summed E-state index contributed by atoms with van der Waals surface area (Å²) in [5, 5.41) is 7.29. The van der Waals surface area contributed by atoms with Crippen molar-refractivity contribution in [1.82, 2.24) is 4.90 Å². The van der Waals surface area contributed by atoms with Gasteiger partial charge in [-0.05, 0) is 25.6 Å². The van der Waals surface area contributed by atoms with Crippen LogP contribution in [0.1, 0.15) is 12.0 Å². The van der Waals surface area contributed by atoms with Gasteiger partial charge in [0, 0.05) is 32.4 Å². The molecule has 0 heterocycles. The number of methoxy groups -OCH3 is 1. The predicted octanol–water partition coefficient (Wildman–Crippen LogP) is 0.713. The number of nitrogen functional groups attached to an aromatic ring is 1. The molecule has 0 atom stereocenters. The quantitative estimate of drug-likeness (QED) is 0.398. The molecule has 7 heteroatoms. The van der Waals surface area contributed by atoms with Crippen LogP contribution in [0.25, 0.3) is 0 Å². The first-order valence-electron chi connectivity index (χ1n) is 6.71. The van der Waals surface area contributed by atoms with Crippen molar-refractivity contribution in [3.63, 3.8) is 0 Å². The second-order valence-corrected chi connectivity index (χ2v) is 7.02. The summed E-state index contributed by atoms with van der Waals surface area (Å²) in [6, 6.07) is 6.10. The summed E-state index contributed by atoms with van der Waals surface area (Å²) in [4.78, 5) is 2.23. The highest BCUT2D eigenvalue weighted by Gasteiger charge is 2.15. The normalized spacial score (nSPS) is 11.8. The number of nitrogens with two attached hydrogens (primary N) is 1. The van der Waals surface area contributed by atoms with E-state index in [4.69, 9.17) is 15.9 Å². The molecule has 3 N–H and O–H groups in total. The average molecular weight is 313 g/mol. The number of nitrogens with zero attached hydrogens (tertiary/aromatic N) is 1. The lowest BCUT2D eigenvalue weighted by molar-refractivity contribution is 0.181. The Morgan fingerprint density at radius 1 is 1.29 bits per heavy atom. The summed E-state index contributed by atoms with van der Waals surface area (Å²) < 4.78 is 29.4. The Balaban J connectivity index is 2.58. The van der Waals surface area contributed by atoms with Crippen LogP contribution in [-0.2, 0) is 14.6 Å².